The van der Waals surface area contributed by atoms with Crippen LogP contribution in [-0.2, 0) is 0 Å². The van der Waals surface area contributed by atoms with Gasteiger partial charge in [0.05, 0.1) is 0 Å². The van der Waals surface area contributed by atoms with Crippen LogP contribution < -0.4 is 0 Å². The van der Waals surface area contributed by atoms with Gasteiger partial charge in [-0.15, -0.1) is 22.7 Å². The summed E-state index contributed by atoms with van der Waals surface area (Å²) in [6, 6.07) is 67.7. The van der Waals surface area contributed by atoms with Crippen molar-refractivity contribution in [3.8, 4) is 33.4 Å². The van der Waals surface area contributed by atoms with E-state index in [1.54, 1.807) is 0 Å². The summed E-state index contributed by atoms with van der Waals surface area (Å²) in [5.41, 5.74) is 7.67. The molecule has 0 radical (unpaired) electrons. The summed E-state index contributed by atoms with van der Waals surface area (Å²) in [5, 5.41) is 15.7. The molecule has 0 N–H and O–H groups in total. The Morgan fingerprint density at radius 3 is 1.48 bits per heavy atom. The van der Waals surface area contributed by atoms with Gasteiger partial charge in [0, 0.05) is 45.9 Å². The van der Waals surface area contributed by atoms with Crippen molar-refractivity contribution in [3.05, 3.63) is 182 Å². The van der Waals surface area contributed by atoms with Crippen molar-refractivity contribution >= 4 is 106 Å². The molecule has 0 amide bonds. The summed E-state index contributed by atoms with van der Waals surface area (Å²) in [5.74, 6) is 0. The second kappa shape index (κ2) is 11.6. The predicted molar refractivity (Wildman–Crippen MR) is 239 cm³/mol. The Kier molecular flexibility index (Phi) is 6.48. The lowest BCUT2D eigenvalue weighted by Gasteiger charge is -2.19. The Balaban J connectivity index is 1.10. The van der Waals surface area contributed by atoms with Crippen LogP contribution in [0.25, 0.3) is 117 Å². The fourth-order valence-corrected chi connectivity index (χ4v) is 11.5. The number of hydrogen-bond acceptors (Lipinski definition) is 2. The minimum absolute atomic E-state index is 1.23. The van der Waals surface area contributed by atoms with E-state index in [-0.39, 0.29) is 0 Å². The maximum absolute atomic E-state index is 2.43. The van der Waals surface area contributed by atoms with Crippen LogP contribution in [0.3, 0.4) is 0 Å². The molecule has 12 aromatic rings. The molecule has 0 aliphatic carbocycles. The summed E-state index contributed by atoms with van der Waals surface area (Å²) >= 11 is 3.83. The molecule has 0 saturated heterocycles. The number of thiophene rings is 2. The first-order valence-electron chi connectivity index (χ1n) is 18.5. The zero-order valence-electron chi connectivity index (χ0n) is 29.1. The van der Waals surface area contributed by atoms with E-state index >= 15 is 0 Å². The van der Waals surface area contributed by atoms with E-state index in [4.69, 9.17) is 0 Å². The molecule has 0 atom stereocenters. The minimum atomic E-state index is 1.23. The highest BCUT2D eigenvalue weighted by Gasteiger charge is 2.21. The van der Waals surface area contributed by atoms with Gasteiger partial charge in [-0.3, -0.25) is 0 Å². The van der Waals surface area contributed by atoms with Crippen LogP contribution >= 0.6 is 22.7 Å². The first-order chi connectivity index (χ1) is 26.8. The van der Waals surface area contributed by atoms with E-state index in [0.717, 1.165) is 0 Å². The molecule has 2 aromatic heterocycles. The van der Waals surface area contributed by atoms with Crippen LogP contribution in [0.15, 0.2) is 182 Å². The van der Waals surface area contributed by atoms with Crippen molar-refractivity contribution in [2.24, 2.45) is 0 Å². The van der Waals surface area contributed by atoms with Gasteiger partial charge < -0.3 is 0 Å². The van der Waals surface area contributed by atoms with Gasteiger partial charge >= 0.3 is 0 Å². The lowest BCUT2D eigenvalue weighted by molar-refractivity contribution is 1.65. The smallest absolute Gasteiger partial charge is 0.0440 e. The van der Waals surface area contributed by atoms with E-state index in [1.807, 2.05) is 22.7 Å². The van der Waals surface area contributed by atoms with Gasteiger partial charge in [0.1, 0.15) is 0 Å². The van der Waals surface area contributed by atoms with Crippen LogP contribution in [0.5, 0.6) is 0 Å². The van der Waals surface area contributed by atoms with E-state index in [9.17, 15) is 0 Å². The minimum Gasteiger partial charge on any atom is -0.135 e. The molecular weight excluding hydrogens is 689 g/mol. The van der Waals surface area contributed by atoms with Gasteiger partial charge in [-0.1, -0.05) is 158 Å². The molecule has 12 rings (SSSR count). The molecule has 0 bridgehead atoms. The Morgan fingerprint density at radius 2 is 0.778 bits per heavy atom. The predicted octanol–water partition coefficient (Wildman–Crippen LogP) is 16.0. The van der Waals surface area contributed by atoms with Gasteiger partial charge in [0.2, 0.25) is 0 Å². The SMILES string of the molecule is c1ccc2c(-c3c4ccccc4c(-c4ccc(-c5c6ccccc6cc6c5sc5ccc7sc8ccccc8c7c56)cc4)c4ccccc34)cccc2c1. The molecule has 0 unspecified atom stereocenters. The first-order valence-corrected chi connectivity index (χ1v) is 20.1. The number of fused-ring (bicyclic) bond motifs is 11. The summed E-state index contributed by atoms with van der Waals surface area (Å²) < 4.78 is 5.41. The van der Waals surface area contributed by atoms with Gasteiger partial charge in [0.15, 0.2) is 0 Å². The fraction of sp³-hybridized carbons (Fsp3) is 0. The maximum atomic E-state index is 2.43. The standard InChI is InChI=1S/C52H30S2/c1-3-15-35-31(12-1)14-11-22-37(35)49-40-19-7-5-17-38(40)47(39-18-6-8-20-41(39)49)32-24-26-33(27-25-32)48-36-16-4-2-13-34(36)30-43-51-46(54-52(43)48)29-28-45-50(51)42-21-9-10-23-44(42)53-45/h1-30H. The molecule has 0 spiro atoms. The highest BCUT2D eigenvalue weighted by Crippen LogP contribution is 2.50. The Bertz CT molecular complexity index is 3430. The monoisotopic (exact) mass is 718 g/mol. The molecule has 0 nitrogen and oxygen atoms in total. The quantitative estimate of drug-likeness (QED) is 0.160. The van der Waals surface area contributed by atoms with E-state index in [1.165, 1.54) is 117 Å². The fourth-order valence-electron chi connectivity index (χ4n) is 9.14. The summed E-state index contributed by atoms with van der Waals surface area (Å²) in [7, 11) is 0. The Morgan fingerprint density at radius 1 is 0.278 bits per heavy atom. The second-order valence-corrected chi connectivity index (χ2v) is 16.4. The highest BCUT2D eigenvalue weighted by molar-refractivity contribution is 7.28. The average Bonchev–Trinajstić information content (AvgIpc) is 3.80. The molecule has 250 valence electrons. The molecule has 10 aromatic carbocycles. The van der Waals surface area contributed by atoms with Gasteiger partial charge in [-0.25, -0.2) is 0 Å². The normalized spacial score (nSPS) is 12.1. The Hall–Kier alpha value is -6.32. The van der Waals surface area contributed by atoms with Crippen LogP contribution in [0.4, 0.5) is 0 Å². The van der Waals surface area contributed by atoms with Crippen molar-refractivity contribution in [2.75, 3.05) is 0 Å². The molecule has 2 heteroatoms. The first kappa shape index (κ1) is 30.2. The zero-order chi connectivity index (χ0) is 35.3. The lowest BCUT2D eigenvalue weighted by atomic mass is 9.84. The van der Waals surface area contributed by atoms with Crippen molar-refractivity contribution in [2.45, 2.75) is 0 Å². The van der Waals surface area contributed by atoms with Gasteiger partial charge in [0.25, 0.3) is 0 Å². The van der Waals surface area contributed by atoms with E-state index < -0.39 is 0 Å². The van der Waals surface area contributed by atoms with Crippen molar-refractivity contribution in [1.82, 2.24) is 0 Å². The zero-order valence-corrected chi connectivity index (χ0v) is 30.8. The molecule has 0 saturated carbocycles. The third-order valence-electron chi connectivity index (χ3n) is 11.4. The third-order valence-corrected chi connectivity index (χ3v) is 13.8. The summed E-state index contributed by atoms with van der Waals surface area (Å²) in [6.45, 7) is 0. The number of rotatable bonds is 3. The lowest BCUT2D eigenvalue weighted by Crippen LogP contribution is -1.91. The second-order valence-electron chi connectivity index (χ2n) is 14.3. The van der Waals surface area contributed by atoms with E-state index in [2.05, 4.69) is 182 Å². The number of hydrogen-bond donors (Lipinski definition) is 0. The van der Waals surface area contributed by atoms with Crippen LogP contribution in [0.1, 0.15) is 0 Å². The van der Waals surface area contributed by atoms with Gasteiger partial charge in [-0.2, -0.15) is 0 Å². The molecule has 0 fully saturated rings. The molecule has 2 heterocycles. The molecule has 0 aliphatic rings. The molecule has 54 heavy (non-hydrogen) atoms. The highest BCUT2D eigenvalue weighted by atomic mass is 32.1. The van der Waals surface area contributed by atoms with Crippen molar-refractivity contribution in [3.63, 3.8) is 0 Å². The number of benzene rings is 10. The topological polar surface area (TPSA) is 0 Å². The largest absolute Gasteiger partial charge is 0.135 e. The van der Waals surface area contributed by atoms with Gasteiger partial charge in [-0.05, 0) is 95.2 Å². The third kappa shape index (κ3) is 4.30. The van der Waals surface area contributed by atoms with E-state index in [0.29, 0.717) is 0 Å². The Labute approximate surface area is 319 Å². The van der Waals surface area contributed by atoms with Crippen LogP contribution in [0.2, 0.25) is 0 Å². The molecular formula is C52H30S2. The van der Waals surface area contributed by atoms with Crippen molar-refractivity contribution in [1.29, 1.82) is 0 Å². The summed E-state index contributed by atoms with van der Waals surface area (Å²) in [6.07, 6.45) is 0. The van der Waals surface area contributed by atoms with Crippen LogP contribution in [-0.4, -0.2) is 0 Å². The molecule has 0 aliphatic heterocycles. The summed E-state index contributed by atoms with van der Waals surface area (Å²) in [4.78, 5) is 0. The van der Waals surface area contributed by atoms with Crippen LogP contribution in [0, 0.1) is 0 Å². The average molecular weight is 719 g/mol. The van der Waals surface area contributed by atoms with Crippen molar-refractivity contribution < 1.29 is 0 Å². The maximum Gasteiger partial charge on any atom is 0.0440 e.